The molecular formula is C21H16FNOS. The van der Waals surface area contributed by atoms with Gasteiger partial charge in [-0.3, -0.25) is 0 Å². The number of hydrogen-bond donors (Lipinski definition) is 0. The number of para-hydroxylation sites is 2. The van der Waals surface area contributed by atoms with Crippen LogP contribution in [0.15, 0.2) is 106 Å². The van der Waals surface area contributed by atoms with Crippen molar-refractivity contribution in [3.05, 3.63) is 102 Å². The van der Waals surface area contributed by atoms with E-state index in [1.807, 2.05) is 72.1 Å². The predicted octanol–water partition coefficient (Wildman–Crippen LogP) is 6.24. The minimum Gasteiger partial charge on any atom is -0.439 e. The first-order chi connectivity index (χ1) is 12.3. The third-order valence-electron chi connectivity index (χ3n) is 3.17. The van der Waals surface area contributed by atoms with Crippen LogP contribution in [0.3, 0.4) is 0 Å². The highest BCUT2D eigenvalue weighted by Crippen LogP contribution is 2.21. The minimum absolute atomic E-state index is 0.253. The van der Waals surface area contributed by atoms with Crippen molar-refractivity contribution in [3.63, 3.8) is 0 Å². The van der Waals surface area contributed by atoms with Gasteiger partial charge in [0.1, 0.15) is 11.6 Å². The highest BCUT2D eigenvalue weighted by atomic mass is 32.2. The number of hydrogen-bond acceptors (Lipinski definition) is 3. The molecule has 0 saturated heterocycles. The Labute approximate surface area is 150 Å². The molecule has 4 heteroatoms. The van der Waals surface area contributed by atoms with Crippen LogP contribution < -0.4 is 4.74 Å². The number of nitrogens with zero attached hydrogens (tertiary/aromatic N) is 1. The molecule has 0 aliphatic heterocycles. The van der Waals surface area contributed by atoms with E-state index >= 15 is 0 Å². The fraction of sp³-hybridized carbons (Fsp3) is 0. The van der Waals surface area contributed by atoms with E-state index in [0.29, 0.717) is 11.6 Å². The smallest absolute Gasteiger partial charge is 0.220 e. The zero-order chi connectivity index (χ0) is 17.3. The van der Waals surface area contributed by atoms with Crippen LogP contribution in [-0.2, 0) is 0 Å². The van der Waals surface area contributed by atoms with Crippen molar-refractivity contribution in [3.8, 4) is 5.75 Å². The Kier molecular flexibility index (Phi) is 6.01. The third kappa shape index (κ3) is 5.62. The molecule has 3 aromatic rings. The van der Waals surface area contributed by atoms with Gasteiger partial charge in [-0.2, -0.15) is 0 Å². The molecule has 0 unspecified atom stereocenters. The van der Waals surface area contributed by atoms with E-state index in [-0.39, 0.29) is 5.82 Å². The topological polar surface area (TPSA) is 21.6 Å². The summed E-state index contributed by atoms with van der Waals surface area (Å²) in [6.45, 7) is 0. The molecule has 0 amide bonds. The molecule has 0 aliphatic rings. The molecular weight excluding hydrogens is 333 g/mol. The largest absolute Gasteiger partial charge is 0.439 e. The van der Waals surface area contributed by atoms with Crippen molar-refractivity contribution >= 4 is 23.3 Å². The fourth-order valence-corrected chi connectivity index (χ4v) is 2.72. The minimum atomic E-state index is -0.253. The summed E-state index contributed by atoms with van der Waals surface area (Å²) < 4.78 is 19.1. The van der Waals surface area contributed by atoms with Gasteiger partial charge in [-0.1, -0.05) is 54.2 Å². The van der Waals surface area contributed by atoms with Crippen molar-refractivity contribution in [1.29, 1.82) is 0 Å². The summed E-state index contributed by atoms with van der Waals surface area (Å²) >= 11 is 1.40. The molecule has 124 valence electrons. The van der Waals surface area contributed by atoms with E-state index in [0.717, 1.165) is 10.6 Å². The maximum Gasteiger partial charge on any atom is 0.220 e. The summed E-state index contributed by atoms with van der Waals surface area (Å²) in [7, 11) is 0. The molecule has 0 radical (unpaired) electrons. The molecule has 0 atom stereocenters. The molecule has 3 rings (SSSR count). The van der Waals surface area contributed by atoms with Crippen LogP contribution in [0.25, 0.3) is 0 Å². The van der Waals surface area contributed by atoms with E-state index in [9.17, 15) is 4.39 Å². The molecule has 25 heavy (non-hydrogen) atoms. The predicted molar refractivity (Wildman–Crippen MR) is 102 cm³/mol. The summed E-state index contributed by atoms with van der Waals surface area (Å²) in [5, 5.41) is 1.83. The maximum atomic E-state index is 13.2. The van der Waals surface area contributed by atoms with Crippen molar-refractivity contribution in [2.24, 2.45) is 4.99 Å². The van der Waals surface area contributed by atoms with E-state index in [4.69, 9.17) is 4.74 Å². The van der Waals surface area contributed by atoms with Gasteiger partial charge in [0, 0.05) is 11.0 Å². The van der Waals surface area contributed by atoms with Gasteiger partial charge in [0.25, 0.3) is 0 Å². The van der Waals surface area contributed by atoms with Gasteiger partial charge in [0.05, 0.1) is 5.69 Å². The highest BCUT2D eigenvalue weighted by Gasteiger charge is 2.00. The van der Waals surface area contributed by atoms with Crippen molar-refractivity contribution in [2.45, 2.75) is 4.90 Å². The third-order valence-corrected chi connectivity index (χ3v) is 3.97. The summed E-state index contributed by atoms with van der Waals surface area (Å²) in [5.74, 6) is 0.913. The Morgan fingerprint density at radius 2 is 1.60 bits per heavy atom. The van der Waals surface area contributed by atoms with E-state index in [1.165, 1.54) is 23.9 Å². The van der Waals surface area contributed by atoms with Crippen LogP contribution in [0.1, 0.15) is 0 Å². The fourth-order valence-electron chi connectivity index (χ4n) is 2.04. The summed E-state index contributed by atoms with van der Waals surface area (Å²) in [6, 6.07) is 25.5. The van der Waals surface area contributed by atoms with Gasteiger partial charge in [0.15, 0.2) is 0 Å². The quantitative estimate of drug-likeness (QED) is 0.309. The number of rotatable bonds is 5. The lowest BCUT2D eigenvalue weighted by Gasteiger charge is -2.05. The average molecular weight is 349 g/mol. The van der Waals surface area contributed by atoms with Crippen molar-refractivity contribution in [2.75, 3.05) is 0 Å². The van der Waals surface area contributed by atoms with Gasteiger partial charge < -0.3 is 4.74 Å². The van der Waals surface area contributed by atoms with Crippen LogP contribution >= 0.6 is 11.8 Å². The van der Waals surface area contributed by atoms with Crippen LogP contribution in [0.4, 0.5) is 10.1 Å². The van der Waals surface area contributed by atoms with Crippen molar-refractivity contribution < 1.29 is 9.13 Å². The van der Waals surface area contributed by atoms with Crippen molar-refractivity contribution in [1.82, 2.24) is 0 Å². The Morgan fingerprint density at radius 1 is 0.880 bits per heavy atom. The second-order valence-corrected chi connectivity index (χ2v) is 6.06. The first-order valence-electron chi connectivity index (χ1n) is 7.75. The SMILES string of the molecule is Fc1cccc(SC=CC(=Nc2ccccc2)Oc2ccccc2)c1. The molecule has 0 bridgehead atoms. The van der Waals surface area contributed by atoms with Crippen LogP contribution in [0, 0.1) is 5.82 Å². The molecule has 0 heterocycles. The number of ether oxygens (including phenoxy) is 1. The van der Waals surface area contributed by atoms with Gasteiger partial charge in [-0.25, -0.2) is 9.38 Å². The lowest BCUT2D eigenvalue weighted by atomic mass is 10.3. The molecule has 0 N–H and O–H groups in total. The van der Waals surface area contributed by atoms with E-state index < -0.39 is 0 Å². The van der Waals surface area contributed by atoms with Crippen LogP contribution in [0.5, 0.6) is 5.75 Å². The maximum absolute atomic E-state index is 13.2. The van der Waals surface area contributed by atoms with Gasteiger partial charge in [-0.05, 0) is 47.9 Å². The van der Waals surface area contributed by atoms with Crippen LogP contribution in [-0.4, -0.2) is 5.90 Å². The Bertz CT molecular complexity index is 863. The lowest BCUT2D eigenvalue weighted by Crippen LogP contribution is -2.04. The molecule has 0 spiro atoms. The lowest BCUT2D eigenvalue weighted by molar-refractivity contribution is 0.556. The number of benzene rings is 3. The molecule has 0 aromatic heterocycles. The zero-order valence-electron chi connectivity index (χ0n) is 13.4. The Hall–Kier alpha value is -2.85. The number of halogens is 1. The van der Waals surface area contributed by atoms with Crippen LogP contribution in [0.2, 0.25) is 0 Å². The second-order valence-electron chi connectivity index (χ2n) is 5.08. The average Bonchev–Trinajstić information content (AvgIpc) is 2.63. The van der Waals surface area contributed by atoms with Gasteiger partial charge >= 0.3 is 0 Å². The zero-order valence-corrected chi connectivity index (χ0v) is 14.2. The summed E-state index contributed by atoms with van der Waals surface area (Å²) in [4.78, 5) is 5.34. The monoisotopic (exact) mass is 349 g/mol. The molecule has 0 saturated carbocycles. The van der Waals surface area contributed by atoms with E-state index in [2.05, 4.69) is 4.99 Å². The molecule has 2 nitrogen and oxygen atoms in total. The normalized spacial score (nSPS) is 11.6. The molecule has 0 aliphatic carbocycles. The molecule has 0 fully saturated rings. The van der Waals surface area contributed by atoms with E-state index in [1.54, 1.807) is 12.1 Å². The molecule has 3 aromatic carbocycles. The summed E-state index contributed by atoms with van der Waals surface area (Å²) in [5.41, 5.74) is 0.800. The number of aliphatic imine (C=N–C) groups is 1. The standard InChI is InChI=1S/C21H16FNOS/c22-17-8-7-13-20(16-17)25-15-14-21(23-18-9-3-1-4-10-18)24-19-11-5-2-6-12-19/h1-16H. The highest BCUT2D eigenvalue weighted by molar-refractivity contribution is 8.02. The second kappa shape index (κ2) is 8.85. The van der Waals surface area contributed by atoms with Gasteiger partial charge in [0.2, 0.25) is 5.90 Å². The first-order valence-corrected chi connectivity index (χ1v) is 8.63. The number of thioether (sulfide) groups is 1. The van der Waals surface area contributed by atoms with Gasteiger partial charge in [-0.15, -0.1) is 0 Å². The summed E-state index contributed by atoms with van der Waals surface area (Å²) in [6.07, 6.45) is 1.77. The Balaban J connectivity index is 1.78. The Morgan fingerprint density at radius 3 is 2.32 bits per heavy atom. The first kappa shape index (κ1) is 17.0.